The number of nitrogens with zero attached hydrogens (tertiary/aromatic N) is 1. The lowest BCUT2D eigenvalue weighted by Crippen LogP contribution is -1.91. The molecule has 1 N–H and O–H groups in total. The number of non-ortho nitro benzene ring substituents is 1. The van der Waals surface area contributed by atoms with Crippen LogP contribution < -0.4 is 0 Å². The summed E-state index contributed by atoms with van der Waals surface area (Å²) in [6.45, 7) is 1.79. The van der Waals surface area contributed by atoms with Gasteiger partial charge in [0.1, 0.15) is 5.15 Å². The van der Waals surface area contributed by atoms with Gasteiger partial charge in [-0.3, -0.25) is 14.9 Å². The van der Waals surface area contributed by atoms with E-state index >= 15 is 0 Å². The molecule has 16 heavy (non-hydrogen) atoms. The second-order valence-corrected chi connectivity index (χ2v) is 3.76. The van der Waals surface area contributed by atoms with Crippen LogP contribution in [-0.4, -0.2) is 16.2 Å². The molecule has 2 rings (SSSR count). The van der Waals surface area contributed by atoms with Crippen LogP contribution in [0.4, 0.5) is 5.69 Å². The molecule has 0 bridgehead atoms. The first-order valence-electron chi connectivity index (χ1n) is 4.46. The fourth-order valence-corrected chi connectivity index (χ4v) is 1.91. The second-order valence-electron chi connectivity index (χ2n) is 3.38. The Hall–Kier alpha value is -1.88. The molecule has 1 aromatic carbocycles. The van der Waals surface area contributed by atoms with Gasteiger partial charge < -0.3 is 4.98 Å². The Labute approximate surface area is 95.2 Å². The number of nitrogens with one attached hydrogen (secondary N) is 1. The highest BCUT2D eigenvalue weighted by atomic mass is 35.5. The molecule has 0 aliphatic rings. The molecule has 0 saturated heterocycles. The first-order valence-corrected chi connectivity index (χ1v) is 4.84. The Morgan fingerprint density at radius 2 is 2.19 bits per heavy atom. The Bertz CT molecular complexity index is 604. The van der Waals surface area contributed by atoms with Crippen LogP contribution in [0.1, 0.15) is 15.9 Å². The average Bonchev–Trinajstić information content (AvgIpc) is 2.55. The molecule has 0 saturated carbocycles. The maximum absolute atomic E-state index is 10.9. The van der Waals surface area contributed by atoms with Gasteiger partial charge in [0.25, 0.3) is 5.69 Å². The minimum Gasteiger partial charge on any atom is -0.345 e. The summed E-state index contributed by atoms with van der Waals surface area (Å²) in [5, 5.41) is 11.2. The Kier molecular flexibility index (Phi) is 2.40. The summed E-state index contributed by atoms with van der Waals surface area (Å²) in [6, 6.07) is 2.98. The number of benzene rings is 1. The summed E-state index contributed by atoms with van der Waals surface area (Å²) in [5.41, 5.74) is 1.34. The molecular weight excluding hydrogens is 232 g/mol. The van der Waals surface area contributed by atoms with Crippen molar-refractivity contribution in [3.05, 3.63) is 38.5 Å². The van der Waals surface area contributed by atoms with Crippen molar-refractivity contribution in [1.29, 1.82) is 0 Å². The summed E-state index contributed by atoms with van der Waals surface area (Å²) in [6.07, 6.45) is 0.521. The van der Waals surface area contributed by atoms with Gasteiger partial charge in [0.05, 0.1) is 21.4 Å². The van der Waals surface area contributed by atoms with Gasteiger partial charge in [-0.1, -0.05) is 17.7 Å². The maximum atomic E-state index is 10.9. The number of H-pyrrole nitrogens is 1. The number of hydrogen-bond acceptors (Lipinski definition) is 3. The normalized spacial score (nSPS) is 10.6. The van der Waals surface area contributed by atoms with E-state index in [-0.39, 0.29) is 21.8 Å². The second kappa shape index (κ2) is 3.61. The molecule has 6 heteroatoms. The van der Waals surface area contributed by atoms with Crippen LogP contribution in [0.15, 0.2) is 12.1 Å². The van der Waals surface area contributed by atoms with E-state index in [4.69, 9.17) is 11.6 Å². The van der Waals surface area contributed by atoms with Crippen LogP contribution in [-0.2, 0) is 0 Å². The quantitative estimate of drug-likeness (QED) is 0.496. The van der Waals surface area contributed by atoms with Crippen LogP contribution in [0.5, 0.6) is 0 Å². The molecular formula is C10H7ClN2O3. The number of aromatic amines is 1. The number of fused-ring (bicyclic) bond motifs is 1. The van der Waals surface area contributed by atoms with Crippen LogP contribution >= 0.6 is 11.6 Å². The van der Waals surface area contributed by atoms with Crippen molar-refractivity contribution in [2.75, 3.05) is 0 Å². The van der Waals surface area contributed by atoms with Crippen molar-refractivity contribution in [2.45, 2.75) is 6.92 Å². The summed E-state index contributed by atoms with van der Waals surface area (Å²) >= 11 is 5.81. The number of nitro groups is 1. The minimum atomic E-state index is -0.529. The van der Waals surface area contributed by atoms with Crippen LogP contribution in [0.3, 0.4) is 0 Å². The first kappa shape index (κ1) is 10.6. The van der Waals surface area contributed by atoms with Gasteiger partial charge in [0.2, 0.25) is 0 Å². The standard InChI is InChI=1S/C10H7ClN2O3/c1-5-2-3-7(13(15)16)8-6(4-14)10(11)12-9(5)8/h2-4,12H,1H3. The van der Waals surface area contributed by atoms with E-state index in [2.05, 4.69) is 4.98 Å². The number of rotatable bonds is 2. The molecule has 0 aliphatic carbocycles. The van der Waals surface area contributed by atoms with E-state index < -0.39 is 4.92 Å². The third-order valence-corrected chi connectivity index (χ3v) is 2.74. The molecule has 0 aliphatic heterocycles. The van der Waals surface area contributed by atoms with Crippen molar-refractivity contribution >= 4 is 34.5 Å². The molecule has 1 aromatic heterocycles. The van der Waals surface area contributed by atoms with E-state index in [1.807, 2.05) is 0 Å². The van der Waals surface area contributed by atoms with Crippen molar-refractivity contribution in [3.63, 3.8) is 0 Å². The molecule has 0 amide bonds. The summed E-state index contributed by atoms with van der Waals surface area (Å²) in [7, 11) is 0. The number of hydrogen-bond donors (Lipinski definition) is 1. The Balaban J connectivity index is 2.99. The number of aldehydes is 1. The number of carbonyl (C=O) groups is 1. The lowest BCUT2D eigenvalue weighted by molar-refractivity contribution is -0.383. The number of nitro benzene ring substituents is 1. The van der Waals surface area contributed by atoms with Gasteiger partial charge in [0.15, 0.2) is 6.29 Å². The van der Waals surface area contributed by atoms with Gasteiger partial charge >= 0.3 is 0 Å². The third-order valence-electron chi connectivity index (χ3n) is 2.45. The van der Waals surface area contributed by atoms with Gasteiger partial charge in [-0.25, -0.2) is 0 Å². The highest BCUT2D eigenvalue weighted by Gasteiger charge is 2.20. The molecule has 82 valence electrons. The topological polar surface area (TPSA) is 76.0 Å². The van der Waals surface area contributed by atoms with E-state index in [1.165, 1.54) is 6.07 Å². The van der Waals surface area contributed by atoms with Crippen molar-refractivity contribution in [3.8, 4) is 0 Å². The predicted molar refractivity (Wildman–Crippen MR) is 60.1 cm³/mol. The summed E-state index contributed by atoms with van der Waals surface area (Å²) in [5.74, 6) is 0. The lowest BCUT2D eigenvalue weighted by atomic mass is 10.1. The number of halogens is 1. The molecule has 5 nitrogen and oxygen atoms in total. The number of carbonyl (C=O) groups excluding carboxylic acids is 1. The zero-order valence-corrected chi connectivity index (χ0v) is 9.04. The number of aryl methyl sites for hydroxylation is 1. The van der Waals surface area contributed by atoms with Crippen molar-refractivity contribution < 1.29 is 9.72 Å². The lowest BCUT2D eigenvalue weighted by Gasteiger charge is -1.97. The largest absolute Gasteiger partial charge is 0.345 e. The highest BCUT2D eigenvalue weighted by Crippen LogP contribution is 2.33. The number of aromatic nitrogens is 1. The van der Waals surface area contributed by atoms with Crippen LogP contribution in [0.2, 0.25) is 5.15 Å². The smallest absolute Gasteiger partial charge is 0.279 e. The van der Waals surface area contributed by atoms with Gasteiger partial charge in [-0.2, -0.15) is 0 Å². The molecule has 0 fully saturated rings. The molecule has 2 aromatic rings. The first-order chi connectivity index (χ1) is 7.56. The van der Waals surface area contributed by atoms with E-state index in [9.17, 15) is 14.9 Å². The Morgan fingerprint density at radius 3 is 2.75 bits per heavy atom. The SMILES string of the molecule is Cc1ccc([N+](=O)[O-])c2c(C=O)c(Cl)[nH]c12. The van der Waals surface area contributed by atoms with Crippen LogP contribution in [0, 0.1) is 17.0 Å². The highest BCUT2D eigenvalue weighted by molar-refractivity contribution is 6.34. The van der Waals surface area contributed by atoms with Gasteiger partial charge in [-0.05, 0) is 12.5 Å². The predicted octanol–water partition coefficient (Wildman–Crippen LogP) is 2.85. The zero-order valence-electron chi connectivity index (χ0n) is 8.28. The Morgan fingerprint density at radius 1 is 1.50 bits per heavy atom. The zero-order chi connectivity index (χ0) is 11.9. The van der Waals surface area contributed by atoms with E-state index in [0.717, 1.165) is 5.56 Å². The van der Waals surface area contributed by atoms with Gasteiger partial charge in [-0.15, -0.1) is 0 Å². The molecule has 0 unspecified atom stereocenters. The summed E-state index contributed by atoms with van der Waals surface area (Å²) < 4.78 is 0. The third kappa shape index (κ3) is 1.37. The van der Waals surface area contributed by atoms with E-state index in [1.54, 1.807) is 13.0 Å². The minimum absolute atomic E-state index is 0.120. The molecule has 0 radical (unpaired) electrons. The van der Waals surface area contributed by atoms with Crippen LogP contribution in [0.25, 0.3) is 10.9 Å². The average molecular weight is 239 g/mol. The fourth-order valence-electron chi connectivity index (χ4n) is 1.68. The fraction of sp³-hybridized carbons (Fsp3) is 0.100. The summed E-state index contributed by atoms with van der Waals surface area (Å²) in [4.78, 5) is 23.9. The monoisotopic (exact) mass is 238 g/mol. The molecule has 0 spiro atoms. The molecule has 0 atom stereocenters. The van der Waals surface area contributed by atoms with Crippen molar-refractivity contribution in [2.24, 2.45) is 0 Å². The van der Waals surface area contributed by atoms with Gasteiger partial charge in [0, 0.05) is 6.07 Å². The maximum Gasteiger partial charge on any atom is 0.279 e. The van der Waals surface area contributed by atoms with Crippen molar-refractivity contribution in [1.82, 2.24) is 4.98 Å². The van der Waals surface area contributed by atoms with E-state index in [0.29, 0.717) is 11.8 Å². The molecule has 1 heterocycles.